The summed E-state index contributed by atoms with van der Waals surface area (Å²) >= 11 is 6.71. The molecule has 1 N–H and O–H groups in total. The number of fused-ring (bicyclic) bond motifs is 5. The van der Waals surface area contributed by atoms with Gasteiger partial charge in [0.15, 0.2) is 5.65 Å². The third-order valence-electron chi connectivity index (χ3n) is 3.76. The molecule has 5 nitrogen and oxygen atoms in total. The standard InChI is InChI=1S/C16H9N5S2/c22-16-19-14-13-12(17-8-21(14)20-16)10-6-7-11(18-15(10)23-13)9-4-2-1-3-5-9/h1-8H,(H,20,22). The molecule has 5 rings (SSSR count). The van der Waals surface area contributed by atoms with Gasteiger partial charge in [-0.25, -0.2) is 14.5 Å². The number of H-pyrrole nitrogens is 1. The minimum atomic E-state index is 0.453. The van der Waals surface area contributed by atoms with Crippen molar-refractivity contribution in [1.29, 1.82) is 0 Å². The minimum absolute atomic E-state index is 0.453. The maximum absolute atomic E-state index is 5.12. The number of pyridine rings is 1. The molecule has 0 radical (unpaired) electrons. The van der Waals surface area contributed by atoms with Gasteiger partial charge in [0.2, 0.25) is 4.77 Å². The lowest BCUT2D eigenvalue weighted by Gasteiger charge is -2.00. The molecule has 0 bridgehead atoms. The van der Waals surface area contributed by atoms with Crippen LogP contribution >= 0.6 is 23.6 Å². The zero-order chi connectivity index (χ0) is 15.4. The maximum Gasteiger partial charge on any atom is 0.214 e. The molecule has 0 unspecified atom stereocenters. The molecule has 0 atom stereocenters. The molecule has 23 heavy (non-hydrogen) atoms. The van der Waals surface area contributed by atoms with Crippen molar-refractivity contribution in [1.82, 2.24) is 24.6 Å². The van der Waals surface area contributed by atoms with E-state index in [1.807, 2.05) is 24.3 Å². The lowest BCUT2D eigenvalue weighted by Crippen LogP contribution is -1.88. The van der Waals surface area contributed by atoms with Crippen LogP contribution < -0.4 is 0 Å². The molecule has 0 saturated heterocycles. The fraction of sp³-hybridized carbons (Fsp3) is 0. The Bertz CT molecular complexity index is 1230. The van der Waals surface area contributed by atoms with Crippen molar-refractivity contribution in [2.75, 3.05) is 0 Å². The summed E-state index contributed by atoms with van der Waals surface area (Å²) in [5, 5.41) is 4.02. The van der Waals surface area contributed by atoms with E-state index in [4.69, 9.17) is 17.2 Å². The summed E-state index contributed by atoms with van der Waals surface area (Å²) in [5.41, 5.74) is 3.77. The Morgan fingerprint density at radius 2 is 1.91 bits per heavy atom. The molecule has 0 aliphatic rings. The zero-order valence-electron chi connectivity index (χ0n) is 11.7. The van der Waals surface area contributed by atoms with Gasteiger partial charge in [-0.1, -0.05) is 30.3 Å². The van der Waals surface area contributed by atoms with Gasteiger partial charge in [0.25, 0.3) is 0 Å². The topological polar surface area (TPSA) is 58.9 Å². The van der Waals surface area contributed by atoms with Crippen LogP contribution in [0.5, 0.6) is 0 Å². The average molecular weight is 335 g/mol. The third-order valence-corrected chi connectivity index (χ3v) is 5.02. The Morgan fingerprint density at radius 1 is 1.04 bits per heavy atom. The summed E-state index contributed by atoms with van der Waals surface area (Å²) in [5.74, 6) is 0. The van der Waals surface area contributed by atoms with Crippen molar-refractivity contribution in [3.8, 4) is 11.3 Å². The number of hydrogen-bond acceptors (Lipinski definition) is 5. The second-order valence-corrected chi connectivity index (χ2v) is 6.55. The zero-order valence-corrected chi connectivity index (χ0v) is 13.4. The van der Waals surface area contributed by atoms with Gasteiger partial charge in [0.05, 0.1) is 11.2 Å². The highest BCUT2D eigenvalue weighted by Crippen LogP contribution is 2.34. The third kappa shape index (κ3) is 1.90. The van der Waals surface area contributed by atoms with Crippen LogP contribution in [-0.2, 0) is 0 Å². The molecule has 4 aromatic heterocycles. The number of nitrogens with one attached hydrogen (secondary N) is 1. The van der Waals surface area contributed by atoms with Crippen LogP contribution in [0.1, 0.15) is 0 Å². The van der Waals surface area contributed by atoms with Crippen molar-refractivity contribution in [2.45, 2.75) is 0 Å². The molecule has 4 heterocycles. The first kappa shape index (κ1) is 12.9. The van der Waals surface area contributed by atoms with Crippen LogP contribution in [-0.4, -0.2) is 24.6 Å². The SMILES string of the molecule is S=c1nc2c3sc4nc(-c5ccccc5)ccc4c3ncn2[nH]1. The van der Waals surface area contributed by atoms with Crippen LogP contribution in [0.15, 0.2) is 48.8 Å². The van der Waals surface area contributed by atoms with E-state index in [0.717, 1.165) is 37.3 Å². The summed E-state index contributed by atoms with van der Waals surface area (Å²) in [4.78, 5) is 14.7. The van der Waals surface area contributed by atoms with E-state index < -0.39 is 0 Å². The molecule has 7 heteroatoms. The van der Waals surface area contributed by atoms with Crippen LogP contribution in [0, 0.1) is 4.77 Å². The van der Waals surface area contributed by atoms with Gasteiger partial charge in [0.1, 0.15) is 15.9 Å². The molecule has 0 aliphatic carbocycles. The number of aromatic nitrogens is 5. The quantitative estimate of drug-likeness (QED) is 0.466. The van der Waals surface area contributed by atoms with Gasteiger partial charge < -0.3 is 0 Å². The van der Waals surface area contributed by atoms with E-state index in [0.29, 0.717) is 4.77 Å². The lowest BCUT2D eigenvalue weighted by molar-refractivity contribution is 0.928. The molecule has 5 aromatic rings. The fourth-order valence-electron chi connectivity index (χ4n) is 2.71. The van der Waals surface area contributed by atoms with Crippen molar-refractivity contribution < 1.29 is 0 Å². The smallest absolute Gasteiger partial charge is 0.214 e. The van der Waals surface area contributed by atoms with Gasteiger partial charge in [0, 0.05) is 10.9 Å². The van der Waals surface area contributed by atoms with Crippen molar-refractivity contribution >= 4 is 49.6 Å². The molecule has 0 saturated carbocycles. The van der Waals surface area contributed by atoms with E-state index in [9.17, 15) is 0 Å². The van der Waals surface area contributed by atoms with Gasteiger partial charge in [-0.05, 0) is 24.4 Å². The normalized spacial score (nSPS) is 11.7. The fourth-order valence-corrected chi connectivity index (χ4v) is 4.00. The second-order valence-electron chi connectivity index (χ2n) is 5.16. The average Bonchev–Trinajstić information content (AvgIpc) is 3.14. The predicted molar refractivity (Wildman–Crippen MR) is 94.3 cm³/mol. The maximum atomic E-state index is 5.12. The Labute approximate surface area is 139 Å². The molecule has 110 valence electrons. The van der Waals surface area contributed by atoms with Crippen LogP contribution in [0.3, 0.4) is 0 Å². The predicted octanol–water partition coefficient (Wildman–Crippen LogP) is 4.22. The van der Waals surface area contributed by atoms with E-state index >= 15 is 0 Å². The Hall–Kier alpha value is -2.64. The highest BCUT2D eigenvalue weighted by molar-refractivity contribution is 7.71. The molecule has 0 spiro atoms. The van der Waals surface area contributed by atoms with Crippen molar-refractivity contribution in [3.63, 3.8) is 0 Å². The van der Waals surface area contributed by atoms with Gasteiger partial charge in [-0.2, -0.15) is 4.98 Å². The number of aromatic amines is 1. The monoisotopic (exact) mass is 335 g/mol. The first-order chi connectivity index (χ1) is 11.3. The molecule has 0 fully saturated rings. The number of hydrogen-bond donors (Lipinski definition) is 1. The van der Waals surface area contributed by atoms with E-state index in [1.54, 1.807) is 22.2 Å². The molecule has 0 amide bonds. The number of benzene rings is 1. The highest BCUT2D eigenvalue weighted by atomic mass is 32.1. The lowest BCUT2D eigenvalue weighted by atomic mass is 10.1. The highest BCUT2D eigenvalue weighted by Gasteiger charge is 2.13. The van der Waals surface area contributed by atoms with Gasteiger partial charge in [-0.15, -0.1) is 11.3 Å². The van der Waals surface area contributed by atoms with Crippen LogP contribution in [0.2, 0.25) is 0 Å². The van der Waals surface area contributed by atoms with Crippen LogP contribution in [0.4, 0.5) is 0 Å². The number of thiophene rings is 1. The van der Waals surface area contributed by atoms with Crippen molar-refractivity contribution in [3.05, 3.63) is 53.6 Å². The van der Waals surface area contributed by atoms with E-state index in [2.05, 4.69) is 33.3 Å². The first-order valence-corrected chi connectivity index (χ1v) is 8.24. The summed E-state index contributed by atoms with van der Waals surface area (Å²) in [6, 6.07) is 14.3. The Balaban J connectivity index is 1.85. The molecule has 0 aliphatic heterocycles. The molecule has 1 aromatic carbocycles. The Kier molecular flexibility index (Phi) is 2.61. The van der Waals surface area contributed by atoms with E-state index in [-0.39, 0.29) is 0 Å². The number of rotatable bonds is 1. The first-order valence-electron chi connectivity index (χ1n) is 7.02. The Morgan fingerprint density at radius 3 is 2.78 bits per heavy atom. The van der Waals surface area contributed by atoms with E-state index in [1.165, 1.54) is 0 Å². The summed E-state index contributed by atoms with van der Waals surface area (Å²) in [7, 11) is 0. The summed E-state index contributed by atoms with van der Waals surface area (Å²) < 4.78 is 3.19. The summed E-state index contributed by atoms with van der Waals surface area (Å²) in [6.45, 7) is 0. The number of nitrogens with zero attached hydrogens (tertiary/aromatic N) is 4. The van der Waals surface area contributed by atoms with Crippen molar-refractivity contribution in [2.24, 2.45) is 0 Å². The molecular weight excluding hydrogens is 326 g/mol. The van der Waals surface area contributed by atoms with Gasteiger partial charge >= 0.3 is 0 Å². The largest absolute Gasteiger partial charge is 0.265 e. The molecular formula is C16H9N5S2. The summed E-state index contributed by atoms with van der Waals surface area (Å²) in [6.07, 6.45) is 1.71. The van der Waals surface area contributed by atoms with Crippen LogP contribution in [0.25, 0.3) is 37.3 Å². The minimum Gasteiger partial charge on any atom is -0.265 e. The second kappa shape index (κ2) is 4.68. The van der Waals surface area contributed by atoms with Gasteiger partial charge in [-0.3, -0.25) is 5.10 Å².